The Morgan fingerprint density at radius 2 is 1.71 bits per heavy atom. The maximum Gasteiger partial charge on any atom is 0.155 e. The lowest BCUT2D eigenvalue weighted by atomic mass is 10.1. The van der Waals surface area contributed by atoms with Crippen LogP contribution >= 0.6 is 0 Å². The average Bonchev–Trinajstić information content (AvgIpc) is 2.47. The van der Waals surface area contributed by atoms with Crippen LogP contribution in [0.1, 0.15) is 26.7 Å². The molecule has 1 atom stereocenters. The van der Waals surface area contributed by atoms with Gasteiger partial charge in [0, 0.05) is 18.8 Å². The summed E-state index contributed by atoms with van der Waals surface area (Å²) in [4.78, 5) is 13.6. The summed E-state index contributed by atoms with van der Waals surface area (Å²) in [7, 11) is 0. The topological polar surface area (TPSA) is 20.3 Å². The summed E-state index contributed by atoms with van der Waals surface area (Å²) in [6, 6.07) is -0.00704. The zero-order valence-electron chi connectivity index (χ0n) is 8.81. The standard InChI is InChI=1S/C12H17NO/c1-3-11(12(14)4-2)13-9-7-5-6-8-10-13/h5-11H,3-4H2,1-2H3. The Morgan fingerprint density at radius 1 is 1.14 bits per heavy atom. The second kappa shape index (κ2) is 5.43. The van der Waals surface area contributed by atoms with Crippen LogP contribution in [0, 0.1) is 0 Å². The molecule has 0 bridgehead atoms. The van der Waals surface area contributed by atoms with Crippen molar-refractivity contribution in [1.82, 2.24) is 4.90 Å². The molecule has 1 rings (SSSR count). The van der Waals surface area contributed by atoms with Crippen LogP contribution in [0.5, 0.6) is 0 Å². The second-order valence-corrected chi connectivity index (χ2v) is 3.26. The smallest absolute Gasteiger partial charge is 0.155 e. The lowest BCUT2D eigenvalue weighted by molar-refractivity contribution is -0.122. The molecule has 0 aromatic carbocycles. The van der Waals surface area contributed by atoms with Crippen LogP contribution < -0.4 is 0 Å². The Hall–Kier alpha value is -1.31. The normalized spacial score (nSPS) is 16.9. The molecule has 0 saturated heterocycles. The third kappa shape index (κ3) is 2.59. The van der Waals surface area contributed by atoms with Crippen molar-refractivity contribution in [3.05, 3.63) is 36.7 Å². The van der Waals surface area contributed by atoms with Gasteiger partial charge in [-0.3, -0.25) is 4.79 Å². The van der Waals surface area contributed by atoms with Crippen LogP contribution in [0.4, 0.5) is 0 Å². The molecule has 0 aromatic heterocycles. The third-order valence-electron chi connectivity index (χ3n) is 2.32. The van der Waals surface area contributed by atoms with Gasteiger partial charge in [-0.05, 0) is 18.6 Å². The van der Waals surface area contributed by atoms with E-state index in [1.165, 1.54) is 0 Å². The molecule has 1 aliphatic heterocycles. The molecule has 76 valence electrons. The van der Waals surface area contributed by atoms with Gasteiger partial charge in [0.15, 0.2) is 5.78 Å². The van der Waals surface area contributed by atoms with Crippen LogP contribution in [0.25, 0.3) is 0 Å². The zero-order chi connectivity index (χ0) is 10.4. The molecule has 0 N–H and O–H groups in total. The molecule has 1 aliphatic rings. The molecule has 2 nitrogen and oxygen atoms in total. The number of nitrogens with zero attached hydrogens (tertiary/aromatic N) is 1. The van der Waals surface area contributed by atoms with E-state index >= 15 is 0 Å². The number of allylic oxidation sites excluding steroid dienone is 4. The van der Waals surface area contributed by atoms with Gasteiger partial charge in [-0.25, -0.2) is 0 Å². The first kappa shape index (κ1) is 10.8. The number of hydrogen-bond donors (Lipinski definition) is 0. The van der Waals surface area contributed by atoms with Gasteiger partial charge in [-0.15, -0.1) is 0 Å². The van der Waals surface area contributed by atoms with Gasteiger partial charge in [-0.1, -0.05) is 26.0 Å². The van der Waals surface area contributed by atoms with E-state index in [9.17, 15) is 4.79 Å². The predicted octanol–water partition coefficient (Wildman–Crippen LogP) is 2.64. The van der Waals surface area contributed by atoms with Crippen LogP contribution in [0.3, 0.4) is 0 Å². The van der Waals surface area contributed by atoms with E-state index < -0.39 is 0 Å². The quantitative estimate of drug-likeness (QED) is 0.681. The van der Waals surface area contributed by atoms with Crippen LogP contribution in [-0.4, -0.2) is 16.7 Å². The molecule has 1 unspecified atom stereocenters. The molecule has 0 amide bonds. The fourth-order valence-electron chi connectivity index (χ4n) is 1.52. The maximum atomic E-state index is 11.6. The predicted molar refractivity (Wildman–Crippen MR) is 58.6 cm³/mol. The van der Waals surface area contributed by atoms with E-state index in [0.29, 0.717) is 12.2 Å². The molecule has 0 aromatic rings. The summed E-state index contributed by atoms with van der Waals surface area (Å²) in [6.07, 6.45) is 13.2. The minimum Gasteiger partial charge on any atom is -0.344 e. The van der Waals surface area contributed by atoms with Crippen molar-refractivity contribution in [2.24, 2.45) is 0 Å². The first-order valence-electron chi connectivity index (χ1n) is 5.11. The molecule has 14 heavy (non-hydrogen) atoms. The molecule has 0 fully saturated rings. The first-order chi connectivity index (χ1) is 6.79. The van der Waals surface area contributed by atoms with Crippen LogP contribution in [-0.2, 0) is 4.79 Å². The molecule has 2 heteroatoms. The van der Waals surface area contributed by atoms with Gasteiger partial charge in [0.1, 0.15) is 0 Å². The summed E-state index contributed by atoms with van der Waals surface area (Å²) in [5.74, 6) is 0.295. The lowest BCUT2D eigenvalue weighted by Crippen LogP contribution is -2.33. The minimum atomic E-state index is -0.00704. The SMILES string of the molecule is CCC(=O)C(CC)N1C=CC=CC=C1. The summed E-state index contributed by atoms with van der Waals surface area (Å²) < 4.78 is 0. The fraction of sp³-hybridized carbons (Fsp3) is 0.417. The first-order valence-corrected chi connectivity index (χ1v) is 5.11. The average molecular weight is 191 g/mol. The molecule has 0 radical (unpaired) electrons. The van der Waals surface area contributed by atoms with E-state index in [2.05, 4.69) is 0 Å². The number of Topliss-reactive ketones (excluding diaryl/α,β-unsaturated/α-hetero) is 1. The van der Waals surface area contributed by atoms with E-state index in [4.69, 9.17) is 0 Å². The van der Waals surface area contributed by atoms with Crippen molar-refractivity contribution >= 4 is 5.78 Å². The maximum absolute atomic E-state index is 11.6. The highest BCUT2D eigenvalue weighted by Crippen LogP contribution is 2.11. The third-order valence-corrected chi connectivity index (χ3v) is 2.32. The monoisotopic (exact) mass is 191 g/mol. The van der Waals surface area contributed by atoms with Crippen LogP contribution in [0.15, 0.2) is 36.7 Å². The van der Waals surface area contributed by atoms with Crippen molar-refractivity contribution < 1.29 is 4.79 Å². The number of hydrogen-bond acceptors (Lipinski definition) is 2. The number of carbonyl (C=O) groups is 1. The van der Waals surface area contributed by atoms with E-state index in [0.717, 1.165) is 6.42 Å². The van der Waals surface area contributed by atoms with Gasteiger partial charge in [0.25, 0.3) is 0 Å². The summed E-state index contributed by atoms with van der Waals surface area (Å²) in [5.41, 5.74) is 0. The summed E-state index contributed by atoms with van der Waals surface area (Å²) in [6.45, 7) is 3.95. The Kier molecular flexibility index (Phi) is 4.17. The van der Waals surface area contributed by atoms with Crippen molar-refractivity contribution in [2.45, 2.75) is 32.7 Å². The van der Waals surface area contributed by atoms with Gasteiger partial charge >= 0.3 is 0 Å². The fourth-order valence-corrected chi connectivity index (χ4v) is 1.52. The Morgan fingerprint density at radius 3 is 2.14 bits per heavy atom. The Labute approximate surface area is 85.6 Å². The number of ketones is 1. The van der Waals surface area contributed by atoms with Gasteiger partial charge in [0.2, 0.25) is 0 Å². The highest BCUT2D eigenvalue weighted by molar-refractivity contribution is 5.83. The highest BCUT2D eigenvalue weighted by Gasteiger charge is 2.18. The van der Waals surface area contributed by atoms with E-state index in [1.807, 2.05) is 55.5 Å². The van der Waals surface area contributed by atoms with Gasteiger partial charge in [0.05, 0.1) is 6.04 Å². The summed E-state index contributed by atoms with van der Waals surface area (Å²) in [5, 5.41) is 0. The van der Waals surface area contributed by atoms with Crippen LogP contribution in [0.2, 0.25) is 0 Å². The van der Waals surface area contributed by atoms with Crippen molar-refractivity contribution in [2.75, 3.05) is 0 Å². The molecule has 0 saturated carbocycles. The van der Waals surface area contributed by atoms with Gasteiger partial charge in [-0.2, -0.15) is 0 Å². The number of rotatable bonds is 4. The molecule has 0 aliphatic carbocycles. The largest absolute Gasteiger partial charge is 0.344 e. The molecular weight excluding hydrogens is 174 g/mol. The van der Waals surface area contributed by atoms with E-state index in [1.54, 1.807) is 0 Å². The van der Waals surface area contributed by atoms with Crippen molar-refractivity contribution in [3.8, 4) is 0 Å². The molecule has 0 spiro atoms. The molecule has 1 heterocycles. The Bertz CT molecular complexity index is 260. The van der Waals surface area contributed by atoms with E-state index in [-0.39, 0.29) is 6.04 Å². The lowest BCUT2D eigenvalue weighted by Gasteiger charge is -2.24. The second-order valence-electron chi connectivity index (χ2n) is 3.26. The number of carbonyl (C=O) groups excluding carboxylic acids is 1. The Balaban J connectivity index is 2.74. The molecular formula is C12H17NO. The van der Waals surface area contributed by atoms with Gasteiger partial charge < -0.3 is 4.90 Å². The zero-order valence-corrected chi connectivity index (χ0v) is 8.81. The highest BCUT2D eigenvalue weighted by atomic mass is 16.1. The minimum absolute atomic E-state index is 0.00704. The van der Waals surface area contributed by atoms with Crippen molar-refractivity contribution in [1.29, 1.82) is 0 Å². The van der Waals surface area contributed by atoms with Crippen molar-refractivity contribution in [3.63, 3.8) is 0 Å². The summed E-state index contributed by atoms with van der Waals surface area (Å²) >= 11 is 0.